The fourth-order valence-corrected chi connectivity index (χ4v) is 5.13. The van der Waals surface area contributed by atoms with Gasteiger partial charge in [-0.25, -0.2) is 13.8 Å². The number of carbonyl (C=O) groups is 2. The highest BCUT2D eigenvalue weighted by Gasteiger charge is 2.39. The first-order chi connectivity index (χ1) is 17.4. The monoisotopic (exact) mass is 504 g/mol. The molecule has 0 radical (unpaired) electrons. The molecule has 5 rings (SSSR count). The first-order valence-electron chi connectivity index (χ1n) is 11.4. The topological polar surface area (TPSA) is 74.1 Å². The van der Waals surface area contributed by atoms with Gasteiger partial charge in [0.05, 0.1) is 11.8 Å². The van der Waals surface area contributed by atoms with E-state index in [9.17, 15) is 18.4 Å². The van der Waals surface area contributed by atoms with Crippen LogP contribution in [0.2, 0.25) is 0 Å². The van der Waals surface area contributed by atoms with Gasteiger partial charge in [0, 0.05) is 18.5 Å². The Hall–Kier alpha value is -3.85. The lowest BCUT2D eigenvalue weighted by molar-refractivity contribution is -0.121. The van der Waals surface area contributed by atoms with Crippen molar-refractivity contribution in [2.75, 3.05) is 5.32 Å². The molecule has 0 aromatic heterocycles. The normalized spacial score (nSPS) is 19.3. The molecule has 2 atom stereocenters. The Morgan fingerprint density at radius 2 is 1.64 bits per heavy atom. The highest BCUT2D eigenvalue weighted by atomic mass is 32.2. The molecular formula is C27H22F2N4O2S. The average molecular weight is 505 g/mol. The largest absolute Gasteiger partial charge is 0.326 e. The molecule has 0 spiro atoms. The molecule has 0 saturated carbocycles. The number of aliphatic imine (C=N–C) groups is 1. The molecule has 0 bridgehead atoms. The molecule has 0 aliphatic carbocycles. The minimum atomic E-state index is -0.676. The predicted molar refractivity (Wildman–Crippen MR) is 137 cm³/mol. The Balaban J connectivity index is 1.35. The third kappa shape index (κ3) is 5.21. The molecule has 2 aliphatic heterocycles. The number of nitrogens with one attached hydrogen (secondary N) is 1. The van der Waals surface area contributed by atoms with Crippen LogP contribution in [0, 0.1) is 18.6 Å². The van der Waals surface area contributed by atoms with Gasteiger partial charge in [0.1, 0.15) is 16.9 Å². The van der Waals surface area contributed by atoms with Crippen LogP contribution in [0.1, 0.15) is 35.6 Å². The van der Waals surface area contributed by atoms with E-state index in [1.165, 1.54) is 36.0 Å². The zero-order chi connectivity index (χ0) is 25.2. The number of halogens is 2. The van der Waals surface area contributed by atoms with Gasteiger partial charge in [0.2, 0.25) is 5.91 Å². The summed E-state index contributed by atoms with van der Waals surface area (Å²) in [6.45, 7) is 1.96. The lowest BCUT2D eigenvalue weighted by Gasteiger charge is -2.23. The second kappa shape index (κ2) is 10.0. The van der Waals surface area contributed by atoms with Crippen LogP contribution < -0.4 is 5.32 Å². The standard InChI is InChI=1S/C27H22F2N4O2S/c1-16-2-12-21(13-3-16)30-25(34)15-24-26(35)31-27(36-24)33-23(18-6-10-20(29)11-7-18)14-22(32-33)17-4-8-19(28)9-5-17/h2-13,23-24H,14-15H2,1H3,(H,30,34)/t23-,24-/m1/s1. The molecule has 3 aromatic carbocycles. The molecule has 0 saturated heterocycles. The second-order valence-corrected chi connectivity index (χ2v) is 9.80. The number of anilines is 1. The van der Waals surface area contributed by atoms with Gasteiger partial charge in [-0.3, -0.25) is 9.59 Å². The van der Waals surface area contributed by atoms with Gasteiger partial charge in [-0.1, -0.05) is 53.7 Å². The quantitative estimate of drug-likeness (QED) is 0.501. The number of rotatable bonds is 5. The highest BCUT2D eigenvalue weighted by Crippen LogP contribution is 2.38. The van der Waals surface area contributed by atoms with Gasteiger partial charge in [-0.05, 0) is 54.4 Å². The maximum absolute atomic E-state index is 13.6. The number of aryl methyl sites for hydroxylation is 1. The van der Waals surface area contributed by atoms with Gasteiger partial charge >= 0.3 is 0 Å². The van der Waals surface area contributed by atoms with Crippen LogP contribution in [0.25, 0.3) is 0 Å². The second-order valence-electron chi connectivity index (χ2n) is 8.63. The molecular weight excluding hydrogens is 482 g/mol. The number of hydrogen-bond donors (Lipinski definition) is 1. The number of amides is 2. The highest BCUT2D eigenvalue weighted by molar-refractivity contribution is 8.15. The number of hydrazone groups is 1. The molecule has 9 heteroatoms. The molecule has 36 heavy (non-hydrogen) atoms. The van der Waals surface area contributed by atoms with Crippen LogP contribution in [-0.2, 0) is 9.59 Å². The van der Waals surface area contributed by atoms with Crippen molar-refractivity contribution in [2.45, 2.75) is 31.1 Å². The number of carbonyl (C=O) groups excluding carboxylic acids is 2. The van der Waals surface area contributed by atoms with E-state index in [-0.39, 0.29) is 30.0 Å². The minimum absolute atomic E-state index is 0.0338. The Kier molecular flexibility index (Phi) is 6.65. The minimum Gasteiger partial charge on any atom is -0.326 e. The lowest BCUT2D eigenvalue weighted by Crippen LogP contribution is -2.25. The number of thioether (sulfide) groups is 1. The number of amidine groups is 1. The summed E-state index contributed by atoms with van der Waals surface area (Å²) in [5, 5.41) is 8.86. The van der Waals surface area contributed by atoms with Crippen LogP contribution >= 0.6 is 11.8 Å². The third-order valence-corrected chi connectivity index (χ3v) is 7.12. The predicted octanol–water partition coefficient (Wildman–Crippen LogP) is 5.45. The molecule has 0 fully saturated rings. The SMILES string of the molecule is Cc1ccc(NC(=O)C[C@H]2SC(N3N=C(c4ccc(F)cc4)C[C@@H]3c3ccc(F)cc3)=NC2=O)cc1. The first-order valence-corrected chi connectivity index (χ1v) is 12.3. The average Bonchev–Trinajstić information content (AvgIpc) is 3.45. The van der Waals surface area contributed by atoms with Gasteiger partial charge in [-0.2, -0.15) is 10.1 Å². The van der Waals surface area contributed by atoms with Gasteiger partial charge < -0.3 is 5.32 Å². The van der Waals surface area contributed by atoms with Crippen molar-refractivity contribution in [1.82, 2.24) is 5.01 Å². The molecule has 6 nitrogen and oxygen atoms in total. The number of benzene rings is 3. The molecule has 2 aliphatic rings. The van der Waals surface area contributed by atoms with Crippen molar-refractivity contribution >= 4 is 40.1 Å². The Morgan fingerprint density at radius 1 is 1.00 bits per heavy atom. The summed E-state index contributed by atoms with van der Waals surface area (Å²) in [5.74, 6) is -1.40. The summed E-state index contributed by atoms with van der Waals surface area (Å²) in [5.41, 5.74) is 3.98. The van der Waals surface area contributed by atoms with Crippen molar-refractivity contribution in [3.63, 3.8) is 0 Å². The number of hydrogen-bond acceptors (Lipinski definition) is 5. The zero-order valence-corrected chi connectivity index (χ0v) is 20.1. The van der Waals surface area contributed by atoms with Gasteiger partial charge in [-0.15, -0.1) is 0 Å². The van der Waals surface area contributed by atoms with E-state index >= 15 is 0 Å². The summed E-state index contributed by atoms with van der Waals surface area (Å²) in [6.07, 6.45) is 0.428. The summed E-state index contributed by atoms with van der Waals surface area (Å²) >= 11 is 1.18. The van der Waals surface area contributed by atoms with Crippen LogP contribution in [0.4, 0.5) is 14.5 Å². The molecule has 0 unspecified atom stereocenters. The summed E-state index contributed by atoms with van der Waals surface area (Å²) < 4.78 is 27.0. The Bertz CT molecular complexity index is 1360. The van der Waals surface area contributed by atoms with E-state index in [1.807, 2.05) is 31.2 Å². The van der Waals surface area contributed by atoms with Crippen LogP contribution in [-0.4, -0.2) is 33.0 Å². The van der Waals surface area contributed by atoms with Crippen molar-refractivity contribution in [3.8, 4) is 0 Å². The third-order valence-electron chi connectivity index (χ3n) is 5.97. The lowest BCUT2D eigenvalue weighted by atomic mass is 9.98. The summed E-state index contributed by atoms with van der Waals surface area (Å²) in [4.78, 5) is 29.5. The Labute approximate surface area is 211 Å². The van der Waals surface area contributed by atoms with Crippen molar-refractivity contribution in [1.29, 1.82) is 0 Å². The fourth-order valence-electron chi connectivity index (χ4n) is 4.07. The van der Waals surface area contributed by atoms with E-state index in [1.54, 1.807) is 29.3 Å². The molecule has 2 heterocycles. The number of nitrogens with zero attached hydrogens (tertiary/aromatic N) is 3. The van der Waals surface area contributed by atoms with Crippen LogP contribution in [0.5, 0.6) is 0 Å². The van der Waals surface area contributed by atoms with E-state index in [2.05, 4.69) is 10.3 Å². The summed E-state index contributed by atoms with van der Waals surface area (Å²) in [7, 11) is 0. The van der Waals surface area contributed by atoms with Crippen LogP contribution in [0.3, 0.4) is 0 Å². The van der Waals surface area contributed by atoms with Crippen molar-refractivity contribution in [2.24, 2.45) is 10.1 Å². The van der Waals surface area contributed by atoms with Gasteiger partial charge in [0.25, 0.3) is 5.91 Å². The zero-order valence-electron chi connectivity index (χ0n) is 19.3. The van der Waals surface area contributed by atoms with E-state index in [0.29, 0.717) is 23.0 Å². The fraction of sp³-hybridized carbons (Fsp3) is 0.185. The smallest absolute Gasteiger partial charge is 0.262 e. The van der Waals surface area contributed by atoms with E-state index < -0.39 is 11.2 Å². The molecule has 1 N–H and O–H groups in total. The molecule has 2 amide bonds. The van der Waals surface area contributed by atoms with E-state index in [0.717, 1.165) is 16.7 Å². The molecule has 182 valence electrons. The maximum atomic E-state index is 13.6. The summed E-state index contributed by atoms with van der Waals surface area (Å²) in [6, 6.07) is 19.2. The van der Waals surface area contributed by atoms with Gasteiger partial charge in [0.15, 0.2) is 5.17 Å². The molecule has 3 aromatic rings. The van der Waals surface area contributed by atoms with Crippen LogP contribution in [0.15, 0.2) is 82.9 Å². The maximum Gasteiger partial charge on any atom is 0.262 e. The van der Waals surface area contributed by atoms with E-state index in [4.69, 9.17) is 5.10 Å². The Morgan fingerprint density at radius 3 is 2.31 bits per heavy atom. The van der Waals surface area contributed by atoms with Crippen molar-refractivity contribution < 1.29 is 18.4 Å². The first kappa shape index (κ1) is 23.9. The van der Waals surface area contributed by atoms with Crippen molar-refractivity contribution in [3.05, 3.63) is 101 Å².